The van der Waals surface area contributed by atoms with Gasteiger partial charge in [-0.1, -0.05) is 0 Å². The third kappa shape index (κ3) is 3.97. The van der Waals surface area contributed by atoms with E-state index in [1.54, 1.807) is 20.9 Å². The van der Waals surface area contributed by atoms with E-state index in [-0.39, 0.29) is 18.1 Å². The molecule has 0 saturated heterocycles. The predicted molar refractivity (Wildman–Crippen MR) is 63.1 cm³/mol. The first-order valence-electron chi connectivity index (χ1n) is 5.10. The molecule has 0 atom stereocenters. The summed E-state index contributed by atoms with van der Waals surface area (Å²) in [5, 5.41) is 9.61. The van der Waals surface area contributed by atoms with Gasteiger partial charge in [-0.25, -0.2) is 15.8 Å². The van der Waals surface area contributed by atoms with Gasteiger partial charge in [0.05, 0.1) is 18.0 Å². The van der Waals surface area contributed by atoms with Crippen LogP contribution in [0.5, 0.6) is 0 Å². The second-order valence-electron chi connectivity index (χ2n) is 4.40. The summed E-state index contributed by atoms with van der Waals surface area (Å²) in [6.45, 7) is 3.47. The zero-order chi connectivity index (χ0) is 13.1. The number of nitrogens with zero attached hydrogens (tertiary/aromatic N) is 3. The van der Waals surface area contributed by atoms with Gasteiger partial charge in [0, 0.05) is 13.6 Å². The second kappa shape index (κ2) is 5.07. The highest BCUT2D eigenvalue weighted by Gasteiger charge is 2.21. The Balaban J connectivity index is 2.75. The zero-order valence-corrected chi connectivity index (χ0v) is 10.1. The van der Waals surface area contributed by atoms with Crippen molar-refractivity contribution >= 4 is 11.7 Å². The summed E-state index contributed by atoms with van der Waals surface area (Å²) in [6, 6.07) is 0. The van der Waals surface area contributed by atoms with Gasteiger partial charge in [0.15, 0.2) is 5.82 Å². The number of carbonyl (C=O) groups is 1. The highest BCUT2D eigenvalue weighted by atomic mass is 16.3. The molecule has 0 radical (unpaired) electrons. The number of rotatable bonds is 4. The maximum Gasteiger partial charge on any atom is 0.273 e. The summed E-state index contributed by atoms with van der Waals surface area (Å²) >= 11 is 0. The molecule has 7 heteroatoms. The molecular weight excluding hydrogens is 222 g/mol. The van der Waals surface area contributed by atoms with Gasteiger partial charge < -0.3 is 15.4 Å². The van der Waals surface area contributed by atoms with Crippen molar-refractivity contribution in [1.29, 1.82) is 0 Å². The van der Waals surface area contributed by atoms with Gasteiger partial charge in [-0.2, -0.15) is 0 Å². The van der Waals surface area contributed by atoms with Crippen LogP contribution >= 0.6 is 0 Å². The first kappa shape index (κ1) is 13.3. The molecule has 1 aromatic rings. The Kier molecular flexibility index (Phi) is 3.97. The lowest BCUT2D eigenvalue weighted by molar-refractivity contribution is 0.0364. The number of amides is 1. The lowest BCUT2D eigenvalue weighted by Gasteiger charge is -2.25. The molecule has 94 valence electrons. The van der Waals surface area contributed by atoms with Crippen LogP contribution in [0.4, 0.5) is 5.82 Å². The first-order chi connectivity index (χ1) is 7.83. The van der Waals surface area contributed by atoms with E-state index in [0.717, 1.165) is 0 Å². The molecule has 7 nitrogen and oxygen atoms in total. The minimum atomic E-state index is -0.948. The Hall–Kier alpha value is -1.73. The van der Waals surface area contributed by atoms with Crippen LogP contribution in [0.15, 0.2) is 12.4 Å². The van der Waals surface area contributed by atoms with Crippen LogP contribution in [-0.2, 0) is 0 Å². The van der Waals surface area contributed by atoms with Gasteiger partial charge in [0.1, 0.15) is 5.69 Å². The maximum absolute atomic E-state index is 11.9. The molecule has 0 spiro atoms. The Bertz CT molecular complexity index is 385. The average Bonchev–Trinajstić information content (AvgIpc) is 2.26. The van der Waals surface area contributed by atoms with Crippen LogP contribution < -0.4 is 11.3 Å². The average molecular weight is 239 g/mol. The van der Waals surface area contributed by atoms with E-state index in [4.69, 9.17) is 5.84 Å². The van der Waals surface area contributed by atoms with Crippen LogP contribution in [0.1, 0.15) is 24.3 Å². The highest BCUT2D eigenvalue weighted by molar-refractivity contribution is 5.91. The van der Waals surface area contributed by atoms with Crippen LogP contribution in [0.3, 0.4) is 0 Å². The van der Waals surface area contributed by atoms with E-state index in [1.165, 1.54) is 17.3 Å². The zero-order valence-electron chi connectivity index (χ0n) is 10.1. The fraction of sp³-hybridized carbons (Fsp3) is 0.500. The fourth-order valence-corrected chi connectivity index (χ4v) is 1.36. The van der Waals surface area contributed by atoms with Crippen molar-refractivity contribution in [2.75, 3.05) is 19.0 Å². The normalized spacial score (nSPS) is 11.1. The quantitative estimate of drug-likeness (QED) is 0.488. The van der Waals surface area contributed by atoms with Crippen molar-refractivity contribution in [2.24, 2.45) is 5.84 Å². The number of nitrogens with two attached hydrogens (primary N) is 1. The van der Waals surface area contributed by atoms with Gasteiger partial charge in [0.25, 0.3) is 5.91 Å². The molecule has 1 amide bonds. The maximum atomic E-state index is 11.9. The monoisotopic (exact) mass is 239 g/mol. The smallest absolute Gasteiger partial charge is 0.273 e. The summed E-state index contributed by atoms with van der Waals surface area (Å²) in [6.07, 6.45) is 2.70. The molecule has 0 saturated carbocycles. The molecule has 0 fully saturated rings. The van der Waals surface area contributed by atoms with Crippen molar-refractivity contribution in [3.63, 3.8) is 0 Å². The number of aromatic nitrogens is 2. The van der Waals surface area contributed by atoms with E-state index < -0.39 is 5.60 Å². The Morgan fingerprint density at radius 2 is 2.18 bits per heavy atom. The predicted octanol–water partition coefficient (Wildman–Crippen LogP) is -0.395. The van der Waals surface area contributed by atoms with Crippen LogP contribution in [0.2, 0.25) is 0 Å². The Morgan fingerprint density at radius 1 is 1.53 bits per heavy atom. The van der Waals surface area contributed by atoms with Crippen molar-refractivity contribution in [3.8, 4) is 0 Å². The molecule has 0 unspecified atom stereocenters. The largest absolute Gasteiger partial charge is 0.389 e. The van der Waals surface area contributed by atoms with Crippen molar-refractivity contribution in [3.05, 3.63) is 18.1 Å². The van der Waals surface area contributed by atoms with Gasteiger partial charge in [-0.05, 0) is 13.8 Å². The molecule has 0 aromatic carbocycles. The number of hydrazine groups is 1. The van der Waals surface area contributed by atoms with Gasteiger partial charge in [-0.3, -0.25) is 4.79 Å². The lowest BCUT2D eigenvalue weighted by atomic mass is 10.1. The first-order valence-corrected chi connectivity index (χ1v) is 5.10. The lowest BCUT2D eigenvalue weighted by Crippen LogP contribution is -2.40. The summed E-state index contributed by atoms with van der Waals surface area (Å²) in [5.74, 6) is 5.22. The van der Waals surface area contributed by atoms with E-state index in [9.17, 15) is 9.90 Å². The molecule has 0 aliphatic carbocycles. The summed E-state index contributed by atoms with van der Waals surface area (Å²) in [5.41, 5.74) is 1.58. The molecule has 1 heterocycles. The van der Waals surface area contributed by atoms with E-state index in [0.29, 0.717) is 5.82 Å². The molecule has 1 aromatic heterocycles. The number of nitrogen functional groups attached to an aromatic ring is 1. The van der Waals surface area contributed by atoms with Crippen molar-refractivity contribution in [2.45, 2.75) is 19.4 Å². The second-order valence-corrected chi connectivity index (χ2v) is 4.40. The standard InChI is InChI=1S/C10H17N5O2/c1-10(2,17)6-15(3)9(16)7-4-13-8(14-11)5-12-7/h4-5,17H,6,11H2,1-3H3,(H,13,14). The molecule has 0 aliphatic heterocycles. The number of nitrogens with one attached hydrogen (secondary N) is 1. The molecule has 0 aliphatic rings. The van der Waals surface area contributed by atoms with Crippen molar-refractivity contribution in [1.82, 2.24) is 14.9 Å². The summed E-state index contributed by atoms with van der Waals surface area (Å²) in [7, 11) is 1.59. The molecular formula is C10H17N5O2. The molecule has 17 heavy (non-hydrogen) atoms. The molecule has 1 rings (SSSR count). The van der Waals surface area contributed by atoms with Gasteiger partial charge in [0.2, 0.25) is 0 Å². The van der Waals surface area contributed by atoms with Crippen molar-refractivity contribution < 1.29 is 9.90 Å². The summed E-state index contributed by atoms with van der Waals surface area (Å²) < 4.78 is 0. The Morgan fingerprint density at radius 3 is 2.59 bits per heavy atom. The third-order valence-corrected chi connectivity index (χ3v) is 1.99. The third-order valence-electron chi connectivity index (χ3n) is 1.99. The Labute approximate surface area is 99.6 Å². The van der Waals surface area contributed by atoms with E-state index in [1.807, 2.05) is 0 Å². The number of hydrogen-bond acceptors (Lipinski definition) is 6. The topological polar surface area (TPSA) is 104 Å². The summed E-state index contributed by atoms with van der Waals surface area (Å²) in [4.78, 5) is 21.1. The minimum Gasteiger partial charge on any atom is -0.389 e. The van der Waals surface area contributed by atoms with Crippen LogP contribution in [0, 0.1) is 0 Å². The number of aliphatic hydroxyl groups is 1. The van der Waals surface area contributed by atoms with Gasteiger partial charge >= 0.3 is 0 Å². The highest BCUT2D eigenvalue weighted by Crippen LogP contribution is 2.07. The van der Waals surface area contributed by atoms with E-state index in [2.05, 4.69) is 15.4 Å². The number of likely N-dealkylation sites (N-methyl/N-ethyl adjacent to an activating group) is 1. The van der Waals surface area contributed by atoms with Crippen LogP contribution in [0.25, 0.3) is 0 Å². The number of hydrogen-bond donors (Lipinski definition) is 3. The number of carbonyl (C=O) groups excluding carboxylic acids is 1. The SMILES string of the molecule is CN(CC(C)(C)O)C(=O)c1cnc(NN)cn1. The molecule has 0 bridgehead atoms. The number of anilines is 1. The fourth-order valence-electron chi connectivity index (χ4n) is 1.36. The van der Waals surface area contributed by atoms with Crippen LogP contribution in [-0.4, -0.2) is 45.1 Å². The minimum absolute atomic E-state index is 0.204. The van der Waals surface area contributed by atoms with E-state index >= 15 is 0 Å². The molecule has 4 N–H and O–H groups in total. The van der Waals surface area contributed by atoms with Gasteiger partial charge in [-0.15, -0.1) is 0 Å².